The van der Waals surface area contributed by atoms with Crippen molar-refractivity contribution in [3.8, 4) is 0 Å². The first-order valence-corrected chi connectivity index (χ1v) is 17.2. The number of hydrogen-bond acceptors (Lipinski definition) is 6. The molecule has 0 saturated carbocycles. The number of hydrogen-bond donors (Lipinski definition) is 0. The summed E-state index contributed by atoms with van der Waals surface area (Å²) in [7, 11) is -4.69. The molecule has 0 fully saturated rings. The van der Waals surface area contributed by atoms with Crippen LogP contribution in [0.3, 0.4) is 0 Å². The highest BCUT2D eigenvalue weighted by Crippen LogP contribution is 2.21. The van der Waals surface area contributed by atoms with Gasteiger partial charge in [-0.3, -0.25) is 0 Å². The minimum atomic E-state index is -2.35. The van der Waals surface area contributed by atoms with Crippen LogP contribution in [0.4, 0.5) is 0 Å². The van der Waals surface area contributed by atoms with E-state index in [1.807, 2.05) is 41.5 Å². The van der Waals surface area contributed by atoms with Gasteiger partial charge in [-0.05, 0) is 54.4 Å². The lowest BCUT2D eigenvalue weighted by molar-refractivity contribution is 0.0698. The van der Waals surface area contributed by atoms with Gasteiger partial charge in [0.25, 0.3) is 0 Å². The van der Waals surface area contributed by atoms with Crippen LogP contribution in [0.25, 0.3) is 0 Å². The Morgan fingerprint density at radius 1 is 0.344 bits per heavy atom. The van der Waals surface area contributed by atoms with Crippen molar-refractivity contribution in [1.82, 2.24) is 0 Å². The first kappa shape index (κ1) is 34.4. The lowest BCUT2D eigenvalue weighted by Gasteiger charge is -2.28. The highest BCUT2D eigenvalue weighted by Gasteiger charge is 2.40. The van der Waals surface area contributed by atoms with E-state index >= 15 is 0 Å². The average molecular weight is 497 g/mol. The fourth-order valence-electron chi connectivity index (χ4n) is 3.54. The fraction of sp³-hybridized carbons (Fsp3) is 1.00. The molecule has 0 atom stereocenters. The Morgan fingerprint density at radius 2 is 0.594 bits per heavy atom. The molecule has 0 aromatic heterocycles. The maximum atomic E-state index is 5.79. The smallest absolute Gasteiger partial charge is 0.374 e. The van der Waals surface area contributed by atoms with E-state index in [-0.39, 0.29) is 0 Å². The van der Waals surface area contributed by atoms with E-state index < -0.39 is 17.6 Å². The zero-order valence-electron chi connectivity index (χ0n) is 22.8. The quantitative estimate of drug-likeness (QED) is 0.116. The van der Waals surface area contributed by atoms with Crippen LogP contribution in [-0.4, -0.2) is 57.3 Å². The van der Waals surface area contributed by atoms with Crippen LogP contribution in [0.2, 0.25) is 12.1 Å². The van der Waals surface area contributed by atoms with Gasteiger partial charge in [0.15, 0.2) is 0 Å². The van der Waals surface area contributed by atoms with E-state index in [9.17, 15) is 0 Å². The monoisotopic (exact) mass is 496 g/mol. The van der Waals surface area contributed by atoms with Crippen molar-refractivity contribution in [2.45, 2.75) is 119 Å². The first-order chi connectivity index (χ1) is 15.5. The normalized spacial score (nSPS) is 12.0. The molecule has 0 radical (unpaired) electrons. The summed E-state index contributed by atoms with van der Waals surface area (Å²) in [6.07, 6.45) is 9.89. The molecule has 0 spiro atoms. The summed E-state index contributed by atoms with van der Waals surface area (Å²) < 4.78 is 34.7. The van der Waals surface area contributed by atoms with Gasteiger partial charge in [-0.25, -0.2) is 0 Å². The van der Waals surface area contributed by atoms with Gasteiger partial charge in [0.2, 0.25) is 0 Å². The summed E-state index contributed by atoms with van der Waals surface area (Å²) >= 11 is 0. The topological polar surface area (TPSA) is 55.4 Å². The third kappa shape index (κ3) is 17.6. The molecule has 0 aromatic rings. The Bertz CT molecular complexity index is 306. The summed E-state index contributed by atoms with van der Waals surface area (Å²) in [5.74, 6) is 0. The van der Waals surface area contributed by atoms with E-state index in [4.69, 9.17) is 26.6 Å². The molecule has 196 valence electrons. The van der Waals surface area contributed by atoms with Crippen molar-refractivity contribution >= 4 is 17.6 Å². The highest BCUT2D eigenvalue weighted by molar-refractivity contribution is 6.61. The average Bonchev–Trinajstić information content (AvgIpc) is 2.76. The van der Waals surface area contributed by atoms with Gasteiger partial charge in [0.1, 0.15) is 0 Å². The Balaban J connectivity index is 0. The van der Waals surface area contributed by atoms with Crippen LogP contribution in [0.1, 0.15) is 107 Å². The summed E-state index contributed by atoms with van der Waals surface area (Å²) in [6, 6.07) is 1.92. The fourth-order valence-corrected chi connectivity index (χ4v) is 8.91. The van der Waals surface area contributed by atoms with Crippen molar-refractivity contribution < 1.29 is 26.6 Å². The van der Waals surface area contributed by atoms with E-state index in [0.29, 0.717) is 39.6 Å². The Labute approximate surface area is 202 Å². The molecule has 0 saturated heterocycles. The molecule has 0 heterocycles. The van der Waals surface area contributed by atoms with E-state index in [1.165, 1.54) is 38.5 Å². The van der Waals surface area contributed by atoms with Crippen molar-refractivity contribution in [2.75, 3.05) is 39.6 Å². The van der Waals surface area contributed by atoms with Crippen LogP contribution in [0.15, 0.2) is 0 Å². The molecule has 0 aromatic carbocycles. The molecule has 0 bridgehead atoms. The van der Waals surface area contributed by atoms with E-state index in [0.717, 1.165) is 24.9 Å². The SMILES string of the molecule is CCCCCC[Si](OCC)(OCC)OCC.CCCCCC[Si](OCC)(OCC)OCC. The first-order valence-electron chi connectivity index (χ1n) is 13.3. The van der Waals surface area contributed by atoms with Crippen molar-refractivity contribution in [1.29, 1.82) is 0 Å². The van der Waals surface area contributed by atoms with Crippen LogP contribution >= 0.6 is 0 Å². The third-order valence-electron chi connectivity index (χ3n) is 4.86. The van der Waals surface area contributed by atoms with Gasteiger partial charge < -0.3 is 26.6 Å². The summed E-state index contributed by atoms with van der Waals surface area (Å²) in [6.45, 7) is 20.6. The summed E-state index contributed by atoms with van der Waals surface area (Å²) in [5.41, 5.74) is 0. The maximum Gasteiger partial charge on any atom is 0.500 e. The highest BCUT2D eigenvalue weighted by atomic mass is 28.4. The van der Waals surface area contributed by atoms with Crippen molar-refractivity contribution in [2.24, 2.45) is 0 Å². The standard InChI is InChI=1S/2C12H28O3Si/c2*1-5-9-10-11-12-16(13-6-2,14-7-3)15-8-4/h2*5-12H2,1-4H3. The second kappa shape index (κ2) is 24.3. The Hall–Kier alpha value is 0.194. The van der Waals surface area contributed by atoms with Crippen molar-refractivity contribution in [3.05, 3.63) is 0 Å². The van der Waals surface area contributed by atoms with Gasteiger partial charge >= 0.3 is 17.6 Å². The molecule has 0 amide bonds. The van der Waals surface area contributed by atoms with E-state index in [1.54, 1.807) is 0 Å². The largest absolute Gasteiger partial charge is 0.500 e. The Morgan fingerprint density at radius 3 is 0.781 bits per heavy atom. The molecular weight excluding hydrogens is 440 g/mol. The van der Waals surface area contributed by atoms with Gasteiger partial charge in [-0.2, -0.15) is 0 Å². The Kier molecular flexibility index (Phi) is 26.1. The van der Waals surface area contributed by atoms with E-state index in [2.05, 4.69) is 13.8 Å². The zero-order chi connectivity index (χ0) is 24.6. The predicted octanol–water partition coefficient (Wildman–Crippen LogP) is 7.23. The van der Waals surface area contributed by atoms with Crippen LogP contribution in [0, 0.1) is 0 Å². The predicted molar refractivity (Wildman–Crippen MR) is 139 cm³/mol. The minimum Gasteiger partial charge on any atom is -0.374 e. The summed E-state index contributed by atoms with van der Waals surface area (Å²) in [4.78, 5) is 0. The second-order valence-electron chi connectivity index (χ2n) is 7.59. The third-order valence-corrected chi connectivity index (χ3v) is 11.2. The lowest BCUT2D eigenvalue weighted by atomic mass is 10.2. The van der Waals surface area contributed by atoms with Crippen molar-refractivity contribution in [3.63, 3.8) is 0 Å². The molecule has 0 aliphatic rings. The molecule has 0 unspecified atom stereocenters. The molecule has 0 rings (SSSR count). The molecule has 32 heavy (non-hydrogen) atoms. The van der Waals surface area contributed by atoms with Gasteiger partial charge in [0, 0.05) is 51.7 Å². The van der Waals surface area contributed by atoms with Gasteiger partial charge in [0.05, 0.1) is 0 Å². The lowest BCUT2D eigenvalue weighted by Crippen LogP contribution is -2.45. The van der Waals surface area contributed by atoms with Gasteiger partial charge in [-0.1, -0.05) is 52.4 Å². The molecule has 8 heteroatoms. The zero-order valence-corrected chi connectivity index (χ0v) is 24.8. The summed E-state index contributed by atoms with van der Waals surface area (Å²) in [5, 5.41) is 0. The van der Waals surface area contributed by atoms with Gasteiger partial charge in [-0.15, -0.1) is 0 Å². The molecule has 0 N–H and O–H groups in total. The molecule has 6 nitrogen and oxygen atoms in total. The van der Waals surface area contributed by atoms with Crippen LogP contribution in [0.5, 0.6) is 0 Å². The van der Waals surface area contributed by atoms with Crippen LogP contribution in [-0.2, 0) is 26.6 Å². The number of unbranched alkanes of at least 4 members (excludes halogenated alkanes) is 6. The minimum absolute atomic E-state index is 0.681. The van der Waals surface area contributed by atoms with Crippen LogP contribution < -0.4 is 0 Å². The molecular formula is C24H56O6Si2. The molecule has 0 aliphatic heterocycles. The second-order valence-corrected chi connectivity index (χ2v) is 13.0. The molecule has 0 aliphatic carbocycles. The number of rotatable bonds is 22. The maximum absolute atomic E-state index is 5.79.